The van der Waals surface area contributed by atoms with Crippen LogP contribution in [0, 0.1) is 0 Å². The monoisotopic (exact) mass is 338 g/mol. The van der Waals surface area contributed by atoms with Gasteiger partial charge in [0.05, 0.1) is 12.7 Å². The van der Waals surface area contributed by atoms with Gasteiger partial charge in [-0.25, -0.2) is 4.79 Å². The molecule has 1 fully saturated rings. The lowest BCUT2D eigenvalue weighted by Crippen LogP contribution is -2.25. The molecule has 130 valence electrons. The van der Waals surface area contributed by atoms with E-state index in [1.165, 1.54) is 20.0 Å². The van der Waals surface area contributed by atoms with E-state index in [-0.39, 0.29) is 5.97 Å². The normalized spacial score (nSPS) is 13.7. The van der Waals surface area contributed by atoms with E-state index in [0.717, 1.165) is 24.2 Å². The van der Waals surface area contributed by atoms with Gasteiger partial charge in [-0.2, -0.15) is 0 Å². The van der Waals surface area contributed by atoms with Crippen LogP contribution in [-0.2, 0) is 17.8 Å². The second kappa shape index (κ2) is 7.49. The molecule has 0 aliphatic heterocycles. The number of benzene rings is 2. The number of nitrogens with two attached hydrogens (primary N) is 1. The van der Waals surface area contributed by atoms with Crippen LogP contribution < -0.4 is 5.73 Å². The van der Waals surface area contributed by atoms with Gasteiger partial charge in [0.25, 0.3) is 0 Å². The molecule has 0 bridgehead atoms. The number of hydrogen-bond donors (Lipinski definition) is 1. The van der Waals surface area contributed by atoms with Gasteiger partial charge in [0.1, 0.15) is 0 Å². The number of carbonyl (C=O) groups excluding carboxylic acids is 2. The highest BCUT2D eigenvalue weighted by atomic mass is 16.5. The summed E-state index contributed by atoms with van der Waals surface area (Å²) in [4.78, 5) is 25.1. The van der Waals surface area contributed by atoms with Crippen LogP contribution in [0.25, 0.3) is 0 Å². The Morgan fingerprint density at radius 1 is 0.960 bits per heavy atom. The highest BCUT2D eigenvalue weighted by molar-refractivity contribution is 5.92. The summed E-state index contributed by atoms with van der Waals surface area (Å²) in [7, 11) is 1.38. The lowest BCUT2D eigenvalue weighted by atomic mass is 10.1. The highest BCUT2D eigenvalue weighted by Crippen LogP contribution is 2.30. The quantitative estimate of drug-likeness (QED) is 0.788. The largest absolute Gasteiger partial charge is 0.465 e. The highest BCUT2D eigenvalue weighted by Gasteiger charge is 2.29. The molecule has 0 unspecified atom stereocenters. The molecule has 0 saturated heterocycles. The summed E-state index contributed by atoms with van der Waals surface area (Å²) < 4.78 is 4.73. The lowest BCUT2D eigenvalue weighted by molar-refractivity contribution is 0.0600. The molecule has 1 amide bonds. The van der Waals surface area contributed by atoms with Gasteiger partial charge in [-0.15, -0.1) is 0 Å². The fourth-order valence-corrected chi connectivity index (χ4v) is 2.86. The zero-order valence-corrected chi connectivity index (χ0v) is 14.3. The van der Waals surface area contributed by atoms with Crippen molar-refractivity contribution < 1.29 is 14.3 Å². The van der Waals surface area contributed by atoms with Crippen LogP contribution in [0.3, 0.4) is 0 Å². The molecule has 1 saturated carbocycles. The second-order valence-corrected chi connectivity index (χ2v) is 6.39. The SMILES string of the molecule is COC(=O)c1ccc(CN(Cc2ccc(C(N)=O)cc2)C2CC2)cc1. The molecule has 0 heterocycles. The molecule has 1 aliphatic carbocycles. The van der Waals surface area contributed by atoms with Crippen LogP contribution in [-0.4, -0.2) is 29.9 Å². The third-order valence-electron chi connectivity index (χ3n) is 4.45. The minimum Gasteiger partial charge on any atom is -0.465 e. The lowest BCUT2D eigenvalue weighted by Gasteiger charge is -2.22. The van der Waals surface area contributed by atoms with Gasteiger partial charge >= 0.3 is 5.97 Å². The Morgan fingerprint density at radius 2 is 1.44 bits per heavy atom. The van der Waals surface area contributed by atoms with E-state index in [1.54, 1.807) is 24.3 Å². The summed E-state index contributed by atoms with van der Waals surface area (Å²) in [5.41, 5.74) is 8.69. The van der Waals surface area contributed by atoms with E-state index >= 15 is 0 Å². The third kappa shape index (κ3) is 4.45. The van der Waals surface area contributed by atoms with Gasteiger partial charge in [-0.3, -0.25) is 9.69 Å². The molecular formula is C20H22N2O3. The first-order chi connectivity index (χ1) is 12.1. The molecule has 5 nitrogen and oxygen atoms in total. The van der Waals surface area contributed by atoms with Gasteiger partial charge in [0.2, 0.25) is 5.91 Å². The van der Waals surface area contributed by atoms with E-state index in [1.807, 2.05) is 24.3 Å². The van der Waals surface area contributed by atoms with Crippen molar-refractivity contribution in [3.05, 3.63) is 70.8 Å². The maximum Gasteiger partial charge on any atom is 0.337 e. The van der Waals surface area contributed by atoms with Crippen LogP contribution in [0.2, 0.25) is 0 Å². The van der Waals surface area contributed by atoms with Crippen molar-refractivity contribution >= 4 is 11.9 Å². The standard InChI is InChI=1S/C20H22N2O3/c1-25-20(24)17-8-4-15(5-9-17)13-22(18-10-11-18)12-14-2-6-16(7-3-14)19(21)23/h2-9,18H,10-13H2,1H3,(H2,21,23). The number of methoxy groups -OCH3 is 1. The Morgan fingerprint density at radius 3 is 1.84 bits per heavy atom. The maximum atomic E-state index is 11.5. The van der Waals surface area contributed by atoms with Crippen molar-refractivity contribution in [2.24, 2.45) is 5.73 Å². The summed E-state index contributed by atoms with van der Waals surface area (Å²) in [6.07, 6.45) is 2.42. The van der Waals surface area contributed by atoms with E-state index in [9.17, 15) is 9.59 Å². The summed E-state index contributed by atoms with van der Waals surface area (Å²) in [5, 5.41) is 0. The first-order valence-electron chi connectivity index (χ1n) is 8.37. The molecule has 2 aromatic carbocycles. The number of esters is 1. The molecule has 1 aliphatic rings. The van der Waals surface area contributed by atoms with E-state index in [0.29, 0.717) is 17.2 Å². The van der Waals surface area contributed by atoms with Gasteiger partial charge in [-0.1, -0.05) is 24.3 Å². The summed E-state index contributed by atoms with van der Waals surface area (Å²) >= 11 is 0. The van der Waals surface area contributed by atoms with Crippen molar-refractivity contribution in [2.45, 2.75) is 32.0 Å². The first kappa shape index (κ1) is 17.2. The van der Waals surface area contributed by atoms with E-state index in [2.05, 4.69) is 4.90 Å². The molecule has 3 rings (SSSR count). The van der Waals surface area contributed by atoms with Crippen molar-refractivity contribution in [1.29, 1.82) is 0 Å². The topological polar surface area (TPSA) is 72.6 Å². The molecule has 2 N–H and O–H groups in total. The minimum absolute atomic E-state index is 0.319. The van der Waals surface area contributed by atoms with Crippen LogP contribution in [0.4, 0.5) is 0 Å². The van der Waals surface area contributed by atoms with Crippen LogP contribution in [0.1, 0.15) is 44.7 Å². The summed E-state index contributed by atoms with van der Waals surface area (Å²) in [6.45, 7) is 1.64. The molecule has 0 radical (unpaired) electrons. The van der Waals surface area contributed by atoms with Crippen molar-refractivity contribution in [2.75, 3.05) is 7.11 Å². The molecular weight excluding hydrogens is 316 g/mol. The molecule has 0 spiro atoms. The second-order valence-electron chi connectivity index (χ2n) is 6.39. The first-order valence-corrected chi connectivity index (χ1v) is 8.37. The predicted octanol–water partition coefficient (Wildman–Crippen LogP) is 2.74. The van der Waals surface area contributed by atoms with Crippen LogP contribution >= 0.6 is 0 Å². The smallest absolute Gasteiger partial charge is 0.337 e. The van der Waals surface area contributed by atoms with Crippen molar-refractivity contribution in [3.8, 4) is 0 Å². The summed E-state index contributed by atoms with van der Waals surface area (Å²) in [5.74, 6) is -0.726. The molecule has 5 heteroatoms. The molecule has 25 heavy (non-hydrogen) atoms. The van der Waals surface area contributed by atoms with Gasteiger partial charge in [0, 0.05) is 24.7 Å². The molecule has 0 aromatic heterocycles. The number of hydrogen-bond acceptors (Lipinski definition) is 4. The minimum atomic E-state index is -0.406. The number of nitrogens with zero attached hydrogens (tertiary/aromatic N) is 1. The van der Waals surface area contributed by atoms with E-state index < -0.39 is 5.91 Å². The Hall–Kier alpha value is -2.66. The number of carbonyl (C=O) groups is 2. The molecule has 2 aromatic rings. The predicted molar refractivity (Wildman–Crippen MR) is 95.0 cm³/mol. The average molecular weight is 338 g/mol. The summed E-state index contributed by atoms with van der Waals surface area (Å²) in [6, 6.07) is 15.6. The maximum absolute atomic E-state index is 11.5. The average Bonchev–Trinajstić information content (AvgIpc) is 3.46. The van der Waals surface area contributed by atoms with Crippen molar-refractivity contribution in [1.82, 2.24) is 4.90 Å². The van der Waals surface area contributed by atoms with E-state index in [4.69, 9.17) is 10.5 Å². The number of rotatable bonds is 7. The third-order valence-corrected chi connectivity index (χ3v) is 4.45. The van der Waals surface area contributed by atoms with Gasteiger partial charge in [-0.05, 0) is 48.2 Å². The Labute approximate surface area is 147 Å². The van der Waals surface area contributed by atoms with Gasteiger partial charge in [0.15, 0.2) is 0 Å². The Balaban J connectivity index is 1.67. The van der Waals surface area contributed by atoms with Crippen molar-refractivity contribution in [3.63, 3.8) is 0 Å². The number of ether oxygens (including phenoxy) is 1. The Bertz CT molecular complexity index is 750. The Kier molecular flexibility index (Phi) is 5.14. The number of amides is 1. The van der Waals surface area contributed by atoms with Crippen LogP contribution in [0.15, 0.2) is 48.5 Å². The fourth-order valence-electron chi connectivity index (χ4n) is 2.86. The van der Waals surface area contributed by atoms with Gasteiger partial charge < -0.3 is 10.5 Å². The molecule has 0 atom stereocenters. The van der Waals surface area contributed by atoms with Crippen LogP contribution in [0.5, 0.6) is 0 Å². The fraction of sp³-hybridized carbons (Fsp3) is 0.300. The zero-order chi connectivity index (χ0) is 17.8. The zero-order valence-electron chi connectivity index (χ0n) is 14.3. The number of primary amides is 1.